The van der Waals surface area contributed by atoms with Crippen LogP contribution in [0.5, 0.6) is 0 Å². The molecule has 0 rings (SSSR count). The van der Waals surface area contributed by atoms with Crippen molar-refractivity contribution in [2.45, 2.75) is 47.1 Å². The summed E-state index contributed by atoms with van der Waals surface area (Å²) < 4.78 is 0. The molecule has 1 atom stereocenters. The fourth-order valence-corrected chi connectivity index (χ4v) is 1.83. The molecule has 0 heterocycles. The van der Waals surface area contributed by atoms with Gasteiger partial charge in [-0.05, 0) is 25.4 Å². The Morgan fingerprint density at radius 3 is 1.46 bits per heavy atom. The summed E-state index contributed by atoms with van der Waals surface area (Å²) in [6, 6.07) is 0. The average Bonchev–Trinajstić information content (AvgIpc) is 2.04. The second-order valence-corrected chi connectivity index (χ2v) is 4.90. The quantitative estimate of drug-likeness (QED) is 0.728. The van der Waals surface area contributed by atoms with Gasteiger partial charge in [0.05, 0.1) is 0 Å². The van der Waals surface area contributed by atoms with Gasteiger partial charge in [0.1, 0.15) is 0 Å². The second kappa shape index (κ2) is 4.43. The van der Waals surface area contributed by atoms with Gasteiger partial charge in [-0.1, -0.05) is 34.6 Å². The number of rotatable bonds is 4. The Bertz CT molecular complexity index is 145. The average molecular weight is 186 g/mol. The standard InChI is InChI=1S/C11H26N2/c1-7-13(8-2)11(6,9-12)10(3,4)5/h7-9,12H2,1-6H3. The van der Waals surface area contributed by atoms with Gasteiger partial charge < -0.3 is 5.73 Å². The minimum Gasteiger partial charge on any atom is -0.329 e. The smallest absolute Gasteiger partial charge is 0.0351 e. The molecule has 0 bridgehead atoms. The maximum atomic E-state index is 5.90. The van der Waals surface area contributed by atoms with Crippen LogP contribution in [0.1, 0.15) is 41.5 Å². The first-order chi connectivity index (χ1) is 5.83. The summed E-state index contributed by atoms with van der Waals surface area (Å²) in [5.41, 5.74) is 6.24. The zero-order valence-electron chi connectivity index (χ0n) is 10.1. The van der Waals surface area contributed by atoms with E-state index in [-0.39, 0.29) is 11.0 Å². The third-order valence-corrected chi connectivity index (χ3v) is 3.47. The molecule has 0 aliphatic carbocycles. The van der Waals surface area contributed by atoms with Gasteiger partial charge in [0.15, 0.2) is 0 Å². The Labute approximate surface area is 83.5 Å². The van der Waals surface area contributed by atoms with Crippen molar-refractivity contribution in [3.8, 4) is 0 Å². The second-order valence-electron chi connectivity index (χ2n) is 4.90. The van der Waals surface area contributed by atoms with Crippen LogP contribution >= 0.6 is 0 Å². The van der Waals surface area contributed by atoms with E-state index in [0.717, 1.165) is 19.6 Å². The summed E-state index contributed by atoms with van der Waals surface area (Å²) in [5, 5.41) is 0. The predicted octanol–water partition coefficient (Wildman–Crippen LogP) is 2.09. The van der Waals surface area contributed by atoms with Crippen molar-refractivity contribution < 1.29 is 0 Å². The molecule has 1 unspecified atom stereocenters. The largest absolute Gasteiger partial charge is 0.329 e. The summed E-state index contributed by atoms with van der Waals surface area (Å²) in [4.78, 5) is 2.45. The van der Waals surface area contributed by atoms with Crippen molar-refractivity contribution in [3.05, 3.63) is 0 Å². The fourth-order valence-electron chi connectivity index (χ4n) is 1.83. The Hall–Kier alpha value is -0.0800. The Morgan fingerprint density at radius 2 is 1.38 bits per heavy atom. The maximum Gasteiger partial charge on any atom is 0.0351 e. The molecule has 0 saturated carbocycles. The normalized spacial score (nSPS) is 17.5. The van der Waals surface area contributed by atoms with Gasteiger partial charge in [-0.3, -0.25) is 4.90 Å². The third kappa shape index (κ3) is 2.44. The number of nitrogens with two attached hydrogens (primary N) is 1. The SMILES string of the molecule is CCN(CC)C(C)(CN)C(C)(C)C. The first-order valence-corrected chi connectivity index (χ1v) is 5.28. The van der Waals surface area contributed by atoms with E-state index in [0.29, 0.717) is 0 Å². The predicted molar refractivity (Wildman–Crippen MR) is 59.8 cm³/mol. The molecule has 0 aliphatic rings. The summed E-state index contributed by atoms with van der Waals surface area (Å²) in [5.74, 6) is 0. The van der Waals surface area contributed by atoms with Crippen LogP contribution in [0.15, 0.2) is 0 Å². The van der Waals surface area contributed by atoms with Crippen LogP contribution in [0.4, 0.5) is 0 Å². The van der Waals surface area contributed by atoms with E-state index in [9.17, 15) is 0 Å². The van der Waals surface area contributed by atoms with E-state index in [1.807, 2.05) is 0 Å². The van der Waals surface area contributed by atoms with Crippen molar-refractivity contribution in [1.29, 1.82) is 0 Å². The van der Waals surface area contributed by atoms with Crippen molar-refractivity contribution in [2.75, 3.05) is 19.6 Å². The molecule has 0 aromatic rings. The van der Waals surface area contributed by atoms with E-state index < -0.39 is 0 Å². The van der Waals surface area contributed by atoms with Crippen molar-refractivity contribution in [2.24, 2.45) is 11.1 Å². The van der Waals surface area contributed by atoms with Gasteiger partial charge >= 0.3 is 0 Å². The van der Waals surface area contributed by atoms with Crippen molar-refractivity contribution in [1.82, 2.24) is 4.90 Å². The van der Waals surface area contributed by atoms with Gasteiger partial charge in [-0.25, -0.2) is 0 Å². The van der Waals surface area contributed by atoms with Crippen LogP contribution in [0.3, 0.4) is 0 Å². The van der Waals surface area contributed by atoms with Crippen LogP contribution in [-0.4, -0.2) is 30.1 Å². The molecule has 0 spiro atoms. The molecule has 0 amide bonds. The Balaban J connectivity index is 4.80. The van der Waals surface area contributed by atoms with Crippen molar-refractivity contribution >= 4 is 0 Å². The molecule has 0 aromatic heterocycles. The molecule has 2 nitrogen and oxygen atoms in total. The molecule has 2 heteroatoms. The molecule has 0 saturated heterocycles. The van der Waals surface area contributed by atoms with Crippen LogP contribution in [0.2, 0.25) is 0 Å². The summed E-state index contributed by atoms with van der Waals surface area (Å²) in [6.07, 6.45) is 0. The zero-order chi connectivity index (χ0) is 10.7. The molecular weight excluding hydrogens is 160 g/mol. The number of hydrogen-bond donors (Lipinski definition) is 1. The fraction of sp³-hybridized carbons (Fsp3) is 1.00. The summed E-state index contributed by atoms with van der Waals surface area (Å²) in [6.45, 7) is 16.3. The highest BCUT2D eigenvalue weighted by Gasteiger charge is 2.39. The van der Waals surface area contributed by atoms with E-state index >= 15 is 0 Å². The molecule has 0 fully saturated rings. The van der Waals surface area contributed by atoms with Crippen LogP contribution in [0.25, 0.3) is 0 Å². The van der Waals surface area contributed by atoms with Gasteiger partial charge in [-0.2, -0.15) is 0 Å². The topological polar surface area (TPSA) is 29.3 Å². The highest BCUT2D eigenvalue weighted by molar-refractivity contribution is 4.96. The minimum absolute atomic E-state index is 0.108. The molecule has 80 valence electrons. The Morgan fingerprint density at radius 1 is 1.00 bits per heavy atom. The van der Waals surface area contributed by atoms with Crippen LogP contribution in [-0.2, 0) is 0 Å². The van der Waals surface area contributed by atoms with Crippen LogP contribution < -0.4 is 5.73 Å². The van der Waals surface area contributed by atoms with Gasteiger partial charge in [0.2, 0.25) is 0 Å². The molecular formula is C11H26N2. The first-order valence-electron chi connectivity index (χ1n) is 5.28. The van der Waals surface area contributed by atoms with E-state index in [4.69, 9.17) is 5.73 Å². The zero-order valence-corrected chi connectivity index (χ0v) is 10.1. The van der Waals surface area contributed by atoms with Crippen LogP contribution in [0, 0.1) is 5.41 Å². The van der Waals surface area contributed by atoms with E-state index in [1.165, 1.54) is 0 Å². The molecule has 2 N–H and O–H groups in total. The lowest BCUT2D eigenvalue weighted by atomic mass is 9.73. The molecule has 13 heavy (non-hydrogen) atoms. The van der Waals surface area contributed by atoms with Gasteiger partial charge in [-0.15, -0.1) is 0 Å². The first kappa shape index (κ1) is 12.9. The number of hydrogen-bond acceptors (Lipinski definition) is 2. The van der Waals surface area contributed by atoms with E-state index in [2.05, 4.69) is 46.4 Å². The summed E-state index contributed by atoms with van der Waals surface area (Å²) in [7, 11) is 0. The molecule has 0 aromatic carbocycles. The maximum absolute atomic E-state index is 5.90. The van der Waals surface area contributed by atoms with E-state index in [1.54, 1.807) is 0 Å². The number of nitrogens with zero attached hydrogens (tertiary/aromatic N) is 1. The lowest BCUT2D eigenvalue weighted by Crippen LogP contribution is -2.59. The van der Waals surface area contributed by atoms with Gasteiger partial charge in [0.25, 0.3) is 0 Å². The highest BCUT2D eigenvalue weighted by atomic mass is 15.2. The third-order valence-electron chi connectivity index (χ3n) is 3.47. The summed E-state index contributed by atoms with van der Waals surface area (Å²) >= 11 is 0. The monoisotopic (exact) mass is 186 g/mol. The molecule has 0 aliphatic heterocycles. The van der Waals surface area contributed by atoms with Gasteiger partial charge in [0, 0.05) is 12.1 Å². The Kier molecular flexibility index (Phi) is 4.40. The highest BCUT2D eigenvalue weighted by Crippen LogP contribution is 2.34. The molecule has 0 radical (unpaired) electrons. The lowest BCUT2D eigenvalue weighted by molar-refractivity contribution is 0.0214. The number of likely N-dealkylation sites (N-methyl/N-ethyl adjacent to an activating group) is 1. The van der Waals surface area contributed by atoms with Crippen molar-refractivity contribution in [3.63, 3.8) is 0 Å². The minimum atomic E-state index is 0.108. The lowest BCUT2D eigenvalue weighted by Gasteiger charge is -2.49.